The van der Waals surface area contributed by atoms with Gasteiger partial charge >= 0.3 is 0 Å². The predicted octanol–water partition coefficient (Wildman–Crippen LogP) is 0.966. The van der Waals surface area contributed by atoms with Crippen molar-refractivity contribution in [3.05, 3.63) is 0 Å². The lowest BCUT2D eigenvalue weighted by atomic mass is 10.2. The Balaban J connectivity index is 1.49. The van der Waals surface area contributed by atoms with Gasteiger partial charge in [0.25, 0.3) is 0 Å². The zero-order chi connectivity index (χ0) is 11.7. The predicted molar refractivity (Wildman–Crippen MR) is 65.9 cm³/mol. The Labute approximate surface area is 104 Å². The third kappa shape index (κ3) is 2.50. The van der Waals surface area contributed by atoms with Gasteiger partial charge in [-0.1, -0.05) is 0 Å². The van der Waals surface area contributed by atoms with E-state index in [0.29, 0.717) is 6.04 Å². The fourth-order valence-corrected chi connectivity index (χ4v) is 3.37. The van der Waals surface area contributed by atoms with E-state index in [1.807, 2.05) is 0 Å². The van der Waals surface area contributed by atoms with E-state index in [1.54, 1.807) is 0 Å². The summed E-state index contributed by atoms with van der Waals surface area (Å²) in [5.41, 5.74) is 0. The second kappa shape index (κ2) is 4.84. The number of ether oxygens (including phenoxy) is 2. The van der Waals surface area contributed by atoms with Gasteiger partial charge in [0, 0.05) is 32.0 Å². The monoisotopic (exact) mass is 240 g/mol. The lowest BCUT2D eigenvalue weighted by Crippen LogP contribution is -2.40. The summed E-state index contributed by atoms with van der Waals surface area (Å²) in [7, 11) is 2.21. The summed E-state index contributed by atoms with van der Waals surface area (Å²) in [5, 5.41) is 3.41. The highest BCUT2D eigenvalue weighted by Gasteiger charge is 2.44. The Kier molecular flexibility index (Phi) is 3.39. The molecule has 1 N–H and O–H groups in total. The molecule has 2 saturated heterocycles. The molecular weight excluding hydrogens is 216 g/mol. The van der Waals surface area contributed by atoms with E-state index in [0.717, 1.165) is 39.1 Å². The molecule has 4 heteroatoms. The van der Waals surface area contributed by atoms with Crippen LogP contribution in [-0.4, -0.2) is 56.1 Å². The van der Waals surface area contributed by atoms with Crippen molar-refractivity contribution in [1.29, 1.82) is 0 Å². The SMILES string of the molecule is CN(CC1COC2(CCCC2)O1)C1CCNC1. The fraction of sp³-hybridized carbons (Fsp3) is 1.00. The summed E-state index contributed by atoms with van der Waals surface area (Å²) in [6.45, 7) is 4.06. The lowest BCUT2D eigenvalue weighted by Gasteiger charge is -2.27. The van der Waals surface area contributed by atoms with Crippen molar-refractivity contribution in [3.63, 3.8) is 0 Å². The molecular formula is C13H24N2O2. The third-order valence-corrected chi connectivity index (χ3v) is 4.43. The maximum absolute atomic E-state index is 6.16. The Bertz CT molecular complexity index is 260. The molecule has 98 valence electrons. The molecule has 0 radical (unpaired) electrons. The number of hydrogen-bond donors (Lipinski definition) is 1. The van der Waals surface area contributed by atoms with Crippen LogP contribution in [0.25, 0.3) is 0 Å². The van der Waals surface area contributed by atoms with Crippen LogP contribution in [-0.2, 0) is 9.47 Å². The maximum atomic E-state index is 6.16. The maximum Gasteiger partial charge on any atom is 0.168 e. The molecule has 2 unspecified atom stereocenters. The fourth-order valence-electron chi connectivity index (χ4n) is 3.37. The molecule has 1 aliphatic carbocycles. The van der Waals surface area contributed by atoms with Gasteiger partial charge in [0.2, 0.25) is 0 Å². The summed E-state index contributed by atoms with van der Waals surface area (Å²) in [6.07, 6.45) is 6.24. The van der Waals surface area contributed by atoms with Crippen LogP contribution in [0.4, 0.5) is 0 Å². The topological polar surface area (TPSA) is 33.7 Å². The van der Waals surface area contributed by atoms with E-state index in [1.165, 1.54) is 19.3 Å². The highest BCUT2D eigenvalue weighted by molar-refractivity contribution is 4.86. The first-order valence-corrected chi connectivity index (χ1v) is 7.00. The van der Waals surface area contributed by atoms with E-state index < -0.39 is 0 Å². The number of nitrogens with zero attached hydrogens (tertiary/aromatic N) is 1. The Morgan fingerprint density at radius 1 is 1.35 bits per heavy atom. The molecule has 1 spiro atoms. The molecule has 3 aliphatic rings. The molecule has 2 heterocycles. The summed E-state index contributed by atoms with van der Waals surface area (Å²) >= 11 is 0. The summed E-state index contributed by atoms with van der Waals surface area (Å²) < 4.78 is 12.1. The standard InChI is InChI=1S/C13H24N2O2/c1-15(11-4-7-14-8-11)9-12-10-16-13(17-12)5-2-3-6-13/h11-12,14H,2-10H2,1H3. The normalized spacial score (nSPS) is 36.4. The lowest BCUT2D eigenvalue weighted by molar-refractivity contribution is -0.163. The molecule has 1 saturated carbocycles. The van der Waals surface area contributed by atoms with Crippen molar-refractivity contribution in [1.82, 2.24) is 10.2 Å². The average molecular weight is 240 g/mol. The highest BCUT2D eigenvalue weighted by atomic mass is 16.7. The van der Waals surface area contributed by atoms with E-state index in [9.17, 15) is 0 Å². The van der Waals surface area contributed by atoms with Crippen molar-refractivity contribution >= 4 is 0 Å². The zero-order valence-electron chi connectivity index (χ0n) is 10.8. The highest BCUT2D eigenvalue weighted by Crippen LogP contribution is 2.39. The van der Waals surface area contributed by atoms with Crippen LogP contribution in [0.5, 0.6) is 0 Å². The van der Waals surface area contributed by atoms with Crippen molar-refractivity contribution in [3.8, 4) is 0 Å². The molecule has 0 bridgehead atoms. The Hall–Kier alpha value is -0.160. The molecule has 2 aliphatic heterocycles. The van der Waals surface area contributed by atoms with Crippen molar-refractivity contribution in [2.24, 2.45) is 0 Å². The average Bonchev–Trinajstić information content (AvgIpc) is 3.04. The van der Waals surface area contributed by atoms with E-state index in [2.05, 4.69) is 17.3 Å². The van der Waals surface area contributed by atoms with Crippen LogP contribution in [0.1, 0.15) is 32.1 Å². The first kappa shape index (κ1) is 11.9. The van der Waals surface area contributed by atoms with Crippen LogP contribution in [0.15, 0.2) is 0 Å². The van der Waals surface area contributed by atoms with Gasteiger partial charge in [-0.25, -0.2) is 0 Å². The van der Waals surface area contributed by atoms with Gasteiger partial charge in [-0.2, -0.15) is 0 Å². The molecule has 3 rings (SSSR count). The van der Waals surface area contributed by atoms with Crippen molar-refractivity contribution in [2.45, 2.75) is 50.0 Å². The first-order valence-electron chi connectivity index (χ1n) is 7.00. The van der Waals surface area contributed by atoms with Crippen LogP contribution in [0.2, 0.25) is 0 Å². The van der Waals surface area contributed by atoms with Crippen LogP contribution >= 0.6 is 0 Å². The Morgan fingerprint density at radius 2 is 2.18 bits per heavy atom. The van der Waals surface area contributed by atoms with E-state index >= 15 is 0 Å². The molecule has 3 fully saturated rings. The van der Waals surface area contributed by atoms with Crippen molar-refractivity contribution < 1.29 is 9.47 Å². The minimum absolute atomic E-state index is 0.195. The quantitative estimate of drug-likeness (QED) is 0.797. The molecule has 0 amide bonds. The molecule has 2 atom stereocenters. The summed E-state index contributed by atoms with van der Waals surface area (Å²) in [4.78, 5) is 2.43. The summed E-state index contributed by atoms with van der Waals surface area (Å²) in [5.74, 6) is -0.195. The molecule has 17 heavy (non-hydrogen) atoms. The molecule has 0 aromatic carbocycles. The molecule has 0 aromatic rings. The van der Waals surface area contributed by atoms with Gasteiger partial charge in [-0.15, -0.1) is 0 Å². The van der Waals surface area contributed by atoms with Gasteiger partial charge < -0.3 is 14.8 Å². The van der Waals surface area contributed by atoms with Gasteiger partial charge in [-0.3, -0.25) is 4.90 Å². The largest absolute Gasteiger partial charge is 0.347 e. The van der Waals surface area contributed by atoms with Gasteiger partial charge in [0.15, 0.2) is 5.79 Å². The van der Waals surface area contributed by atoms with Crippen LogP contribution in [0, 0.1) is 0 Å². The number of hydrogen-bond acceptors (Lipinski definition) is 4. The van der Waals surface area contributed by atoms with Gasteiger partial charge in [0.1, 0.15) is 0 Å². The van der Waals surface area contributed by atoms with Crippen LogP contribution < -0.4 is 5.32 Å². The number of rotatable bonds is 3. The number of likely N-dealkylation sites (N-methyl/N-ethyl adjacent to an activating group) is 1. The minimum Gasteiger partial charge on any atom is -0.347 e. The molecule has 4 nitrogen and oxygen atoms in total. The minimum atomic E-state index is -0.195. The Morgan fingerprint density at radius 3 is 2.88 bits per heavy atom. The second-order valence-corrected chi connectivity index (χ2v) is 5.75. The first-order chi connectivity index (χ1) is 8.27. The zero-order valence-corrected chi connectivity index (χ0v) is 10.8. The summed E-state index contributed by atoms with van der Waals surface area (Å²) in [6, 6.07) is 0.679. The number of nitrogens with one attached hydrogen (secondary N) is 1. The van der Waals surface area contributed by atoms with Gasteiger partial charge in [0.05, 0.1) is 12.7 Å². The third-order valence-electron chi connectivity index (χ3n) is 4.43. The van der Waals surface area contributed by atoms with Crippen molar-refractivity contribution in [2.75, 3.05) is 33.3 Å². The second-order valence-electron chi connectivity index (χ2n) is 5.75. The van der Waals surface area contributed by atoms with E-state index in [4.69, 9.17) is 9.47 Å². The smallest absolute Gasteiger partial charge is 0.168 e. The van der Waals surface area contributed by atoms with E-state index in [-0.39, 0.29) is 11.9 Å². The van der Waals surface area contributed by atoms with Crippen LogP contribution in [0.3, 0.4) is 0 Å². The van der Waals surface area contributed by atoms with Gasteiger partial charge in [-0.05, 0) is 32.9 Å². The molecule has 0 aromatic heterocycles.